The number of benzene rings is 2. The number of carbonyl (C=O) groups excluding carboxylic acids is 7. The average Bonchev–Trinajstić information content (AvgIpc) is 3.41. The first-order valence-corrected chi connectivity index (χ1v) is 25.2. The number of methoxy groups -OCH3 is 1. The highest BCUT2D eigenvalue weighted by Crippen LogP contribution is 2.19. The van der Waals surface area contributed by atoms with Crippen molar-refractivity contribution >= 4 is 59.2 Å². The Hall–Kier alpha value is -8.52. The molecule has 7 amide bonds. The minimum absolute atomic E-state index is 0.00144. The number of nitrogens with zero attached hydrogens (tertiary/aromatic N) is 2. The number of terminal acetylenes is 1. The summed E-state index contributed by atoms with van der Waals surface area (Å²) in [5.74, 6) is -10.1. The van der Waals surface area contributed by atoms with Crippen LogP contribution in [0.4, 0.5) is 0 Å². The van der Waals surface area contributed by atoms with Crippen LogP contribution >= 0.6 is 0 Å². The number of amides is 7. The summed E-state index contributed by atoms with van der Waals surface area (Å²) in [5.41, 5.74) is 12.8. The van der Waals surface area contributed by atoms with Gasteiger partial charge in [-0.15, -0.1) is 6.42 Å². The molecular weight excluding hydrogens is 1010 g/mol. The van der Waals surface area contributed by atoms with E-state index in [-0.39, 0.29) is 50.4 Å². The van der Waals surface area contributed by atoms with Gasteiger partial charge in [0.25, 0.3) is 5.91 Å². The van der Waals surface area contributed by atoms with Crippen LogP contribution in [-0.4, -0.2) is 144 Å². The molecule has 0 saturated carbocycles. The minimum atomic E-state index is -1.96. The lowest BCUT2D eigenvalue weighted by atomic mass is 9.94. The Kier molecular flexibility index (Phi) is 25.8. The van der Waals surface area contributed by atoms with E-state index in [1.807, 2.05) is 43.3 Å². The lowest BCUT2D eigenvalue weighted by Crippen LogP contribution is -2.59. The van der Waals surface area contributed by atoms with E-state index in [0.29, 0.717) is 23.3 Å². The van der Waals surface area contributed by atoms with Crippen molar-refractivity contribution in [2.75, 3.05) is 27.3 Å². The fraction of sp³-hybridized carbons (Fsp3) is 0.455. The van der Waals surface area contributed by atoms with Crippen LogP contribution in [0.2, 0.25) is 0 Å². The molecule has 0 radical (unpaired) electrons. The second-order valence-corrected chi connectivity index (χ2v) is 19.0. The molecule has 10 atom stereocenters. The number of ether oxygens (including phenoxy) is 2. The molecule has 0 aliphatic carbocycles. The third-order valence-corrected chi connectivity index (χ3v) is 12.9. The smallest absolute Gasteiger partial charge is 0.327 e. The van der Waals surface area contributed by atoms with Crippen LogP contribution in [0.3, 0.4) is 0 Å². The van der Waals surface area contributed by atoms with Gasteiger partial charge in [-0.25, -0.2) is 9.59 Å². The lowest BCUT2D eigenvalue weighted by molar-refractivity contribution is -0.146. The van der Waals surface area contributed by atoms with Crippen LogP contribution in [0, 0.1) is 30.1 Å². The van der Waals surface area contributed by atoms with Crippen LogP contribution in [0.15, 0.2) is 95.7 Å². The molecule has 12 N–H and O–H groups in total. The Morgan fingerprint density at radius 2 is 1.47 bits per heavy atom. The number of aliphatic carboxylic acids is 2. The van der Waals surface area contributed by atoms with Gasteiger partial charge in [-0.05, 0) is 62.8 Å². The molecule has 1 aliphatic heterocycles. The molecule has 23 nitrogen and oxygen atoms in total. The molecule has 422 valence electrons. The number of nitrogens with one attached hydrogen (secondary N) is 6. The zero-order chi connectivity index (χ0) is 58.2. The zero-order valence-corrected chi connectivity index (χ0v) is 45.1. The van der Waals surface area contributed by atoms with Gasteiger partial charge in [0, 0.05) is 39.5 Å². The minimum Gasteiger partial charge on any atom is -0.481 e. The van der Waals surface area contributed by atoms with Gasteiger partial charge in [-0.1, -0.05) is 99.5 Å². The predicted molar refractivity (Wildman–Crippen MR) is 289 cm³/mol. The molecule has 0 unspecified atom stereocenters. The lowest BCUT2D eigenvalue weighted by Gasteiger charge is -2.28. The number of likely N-dealkylation sites (N-methyl/N-ethyl adjacent to an activating group) is 1. The number of carboxylic acid groups (broad SMARTS) is 2. The van der Waals surface area contributed by atoms with E-state index in [4.69, 9.17) is 27.4 Å². The van der Waals surface area contributed by atoms with Gasteiger partial charge in [0.2, 0.25) is 35.4 Å². The van der Waals surface area contributed by atoms with Crippen molar-refractivity contribution in [2.45, 2.75) is 115 Å². The van der Waals surface area contributed by atoms with Gasteiger partial charge in [0.1, 0.15) is 48.3 Å². The Morgan fingerprint density at radius 3 is 2.08 bits per heavy atom. The standard InChI is InChI=1S/C55H74N10O13/c1-10-27-78-39-21-19-38(20-22-39)29-43-52(72)64-46(54(75)76)34(5)48(68)61-41(17-14-26-58-55(56)57)51(71)60-40(23-18-31(2)28-32(3)44(77-9)30-37-15-12-11-13-16-37)33(4)47(67)62-42(53(73)74)24-25-45(66)65(8)36(7)50(70)59-35(6)49(69)63-43/h1,11-13,15-16,18-23,28,32-35,40-44,46H,7,14,17,24-27,29-30H2,2-6,8-9H3,(H,59,70)(H,60,71)(H,61,68)(H,62,67)(H,63,69)(H,64,72)(H,73,74)(H,75,76)(H4,56,57,58)/b23-18+,31-28+/t32-,33-,34-,35+,40-,41-,42+,43-,44-,46+/m0/s1. The molecule has 2 aromatic carbocycles. The number of guanidine groups is 1. The Bertz CT molecular complexity index is 2590. The number of hydrogen-bond acceptors (Lipinski definition) is 12. The molecule has 0 aromatic heterocycles. The van der Waals surface area contributed by atoms with Gasteiger partial charge in [-0.3, -0.25) is 38.6 Å². The molecule has 1 aliphatic rings. The largest absolute Gasteiger partial charge is 0.481 e. The Balaban J connectivity index is 2.15. The van der Waals surface area contributed by atoms with Crippen molar-refractivity contribution in [1.82, 2.24) is 36.8 Å². The number of allylic oxidation sites excluding steroid dienone is 2. The number of carbonyl (C=O) groups is 9. The normalized spacial score (nSPS) is 23.8. The summed E-state index contributed by atoms with van der Waals surface area (Å²) in [4.78, 5) is 128. The van der Waals surface area contributed by atoms with E-state index in [2.05, 4.69) is 49.4 Å². The first-order valence-electron chi connectivity index (χ1n) is 25.2. The van der Waals surface area contributed by atoms with Crippen LogP contribution in [0.5, 0.6) is 5.75 Å². The van der Waals surface area contributed by atoms with Crippen molar-refractivity contribution in [2.24, 2.45) is 34.2 Å². The Morgan fingerprint density at radius 1 is 0.846 bits per heavy atom. The van der Waals surface area contributed by atoms with Gasteiger partial charge in [0.05, 0.1) is 24.0 Å². The molecule has 1 heterocycles. The van der Waals surface area contributed by atoms with Crippen molar-refractivity contribution in [3.63, 3.8) is 0 Å². The summed E-state index contributed by atoms with van der Waals surface area (Å²) in [6.07, 6.45) is 9.53. The summed E-state index contributed by atoms with van der Waals surface area (Å²) >= 11 is 0. The zero-order valence-electron chi connectivity index (χ0n) is 45.1. The van der Waals surface area contributed by atoms with E-state index in [1.54, 1.807) is 44.4 Å². The first kappa shape index (κ1) is 63.8. The van der Waals surface area contributed by atoms with E-state index < -0.39 is 120 Å². The predicted octanol–water partition coefficient (Wildman–Crippen LogP) is 0.827. The molecule has 1 saturated heterocycles. The van der Waals surface area contributed by atoms with Crippen molar-refractivity contribution < 1.29 is 62.8 Å². The van der Waals surface area contributed by atoms with Gasteiger partial charge < -0.3 is 68.0 Å². The van der Waals surface area contributed by atoms with E-state index in [9.17, 15) is 53.4 Å². The first-order chi connectivity index (χ1) is 36.9. The summed E-state index contributed by atoms with van der Waals surface area (Å²) in [7, 11) is 2.80. The third-order valence-electron chi connectivity index (χ3n) is 12.9. The number of hydrogen-bond donors (Lipinski definition) is 10. The highest BCUT2D eigenvalue weighted by atomic mass is 16.5. The maximum absolute atomic E-state index is 14.5. The summed E-state index contributed by atoms with van der Waals surface area (Å²) in [6.45, 7) is 11.3. The van der Waals surface area contributed by atoms with E-state index in [0.717, 1.165) is 10.5 Å². The van der Waals surface area contributed by atoms with Crippen molar-refractivity contribution in [3.05, 3.63) is 102 Å². The summed E-state index contributed by atoms with van der Waals surface area (Å²) in [6, 6.07) is 6.78. The average molecular weight is 1080 g/mol. The second-order valence-electron chi connectivity index (χ2n) is 19.0. The van der Waals surface area contributed by atoms with E-state index >= 15 is 0 Å². The van der Waals surface area contributed by atoms with Crippen LogP contribution in [-0.2, 0) is 60.7 Å². The molecule has 0 spiro atoms. The van der Waals surface area contributed by atoms with Crippen LogP contribution < -0.4 is 48.1 Å². The molecule has 78 heavy (non-hydrogen) atoms. The molecule has 3 rings (SSSR count). The van der Waals surface area contributed by atoms with Crippen LogP contribution in [0.25, 0.3) is 0 Å². The van der Waals surface area contributed by atoms with Gasteiger partial charge in [-0.2, -0.15) is 0 Å². The molecular formula is C55H74N10O13. The van der Waals surface area contributed by atoms with Crippen molar-refractivity contribution in [3.8, 4) is 18.1 Å². The highest BCUT2D eigenvalue weighted by Gasteiger charge is 2.37. The quantitative estimate of drug-likeness (QED) is 0.0262. The summed E-state index contributed by atoms with van der Waals surface area (Å²) in [5, 5.41) is 35.8. The maximum Gasteiger partial charge on any atom is 0.327 e. The maximum atomic E-state index is 14.5. The van der Waals surface area contributed by atoms with E-state index in [1.165, 1.54) is 33.9 Å². The monoisotopic (exact) mass is 1080 g/mol. The van der Waals surface area contributed by atoms with Crippen LogP contribution in [0.1, 0.15) is 71.4 Å². The SMILES string of the molecule is C#CCOc1ccc(C[C@@H]2NC(=O)[C@@H](C)NC(=O)C(=C)N(C)C(=O)CC[C@H](C(=O)O)NC(=O)[C@@H](C)[C@H](/C=C/C(C)=C/[C@H](C)[C@H](Cc3ccccc3)OC)NC(=O)[C@H](CCCN=C(N)N)NC(=O)[C@@H](C)[C@H](C(=O)O)NC2=O)cc1. The number of nitrogens with two attached hydrogens (primary N) is 2. The Labute approximate surface area is 454 Å². The molecule has 1 fully saturated rings. The fourth-order valence-corrected chi connectivity index (χ4v) is 8.05. The second kappa shape index (κ2) is 31.5. The third kappa shape index (κ3) is 20.5. The molecule has 0 bridgehead atoms. The van der Waals surface area contributed by atoms with Gasteiger partial charge >= 0.3 is 11.9 Å². The number of carboxylic acids is 2. The fourth-order valence-electron chi connectivity index (χ4n) is 8.05. The molecule has 23 heteroatoms. The highest BCUT2D eigenvalue weighted by molar-refractivity contribution is 6.00. The summed E-state index contributed by atoms with van der Waals surface area (Å²) < 4.78 is 11.3. The topological polar surface area (TPSA) is 352 Å². The molecule has 2 aromatic rings. The van der Waals surface area contributed by atoms with Crippen molar-refractivity contribution in [1.29, 1.82) is 0 Å². The number of aliphatic imine (C=N–C) groups is 1. The van der Waals surface area contributed by atoms with Gasteiger partial charge in [0.15, 0.2) is 5.96 Å². The number of rotatable bonds is 17.